The van der Waals surface area contributed by atoms with Crippen molar-refractivity contribution in [3.63, 3.8) is 0 Å². The second kappa shape index (κ2) is 6.49. The van der Waals surface area contributed by atoms with Crippen LogP contribution >= 0.6 is 22.6 Å². The summed E-state index contributed by atoms with van der Waals surface area (Å²) >= 11 is 2.07. The Labute approximate surface area is 162 Å². The average Bonchev–Trinajstić information content (AvgIpc) is 3.24. The molecule has 26 heavy (non-hydrogen) atoms. The van der Waals surface area contributed by atoms with E-state index in [0.717, 1.165) is 34.0 Å². The van der Waals surface area contributed by atoms with Crippen molar-refractivity contribution in [2.45, 2.75) is 25.7 Å². The lowest BCUT2D eigenvalue weighted by molar-refractivity contribution is 0.585. The van der Waals surface area contributed by atoms with Gasteiger partial charge in [0.05, 0.1) is 5.56 Å². The van der Waals surface area contributed by atoms with Gasteiger partial charge in [-0.15, -0.1) is 5.10 Å². The first-order valence-electron chi connectivity index (χ1n) is 8.22. The predicted octanol–water partition coefficient (Wildman–Crippen LogP) is 2.84. The number of benzene rings is 1. The van der Waals surface area contributed by atoms with Gasteiger partial charge in [0.2, 0.25) is 0 Å². The Bertz CT molecular complexity index is 1070. The summed E-state index contributed by atoms with van der Waals surface area (Å²) in [5, 5.41) is 7.77. The zero-order valence-corrected chi connectivity index (χ0v) is 16.2. The van der Waals surface area contributed by atoms with Crippen LogP contribution in [0, 0.1) is 9.39 Å². The number of halogens is 2. The summed E-state index contributed by atoms with van der Waals surface area (Å²) in [6.07, 6.45) is 2.62. The third-order valence-electron chi connectivity index (χ3n) is 4.80. The first-order chi connectivity index (χ1) is 12.5. The van der Waals surface area contributed by atoms with Crippen molar-refractivity contribution >= 4 is 28.6 Å². The van der Waals surface area contributed by atoms with Gasteiger partial charge in [0.1, 0.15) is 5.82 Å². The van der Waals surface area contributed by atoms with Crippen molar-refractivity contribution in [1.82, 2.24) is 14.8 Å². The topological polar surface area (TPSA) is 86.9 Å². The van der Waals surface area contributed by atoms with Gasteiger partial charge in [0.15, 0.2) is 0 Å². The standard InChI is InChI=1S/C18H16FIN4O2/c1-24-14(7-9-5-6-10(20)8-13(9)19)15(16-22-23-18(21)26-16)11-3-2-4-12(11)17(24)25/h5-6,8H,2-4,7H2,1H3,(H2,21,23). The van der Waals surface area contributed by atoms with E-state index in [1.807, 2.05) is 6.07 Å². The van der Waals surface area contributed by atoms with E-state index in [-0.39, 0.29) is 29.7 Å². The molecule has 0 fully saturated rings. The van der Waals surface area contributed by atoms with Gasteiger partial charge in [0.25, 0.3) is 11.4 Å². The lowest BCUT2D eigenvalue weighted by atomic mass is 9.97. The van der Waals surface area contributed by atoms with E-state index in [1.54, 1.807) is 17.7 Å². The number of anilines is 1. The zero-order chi connectivity index (χ0) is 18.4. The molecule has 8 heteroatoms. The van der Waals surface area contributed by atoms with Crippen LogP contribution in [0.4, 0.5) is 10.4 Å². The Morgan fingerprint density at radius 2 is 2.08 bits per heavy atom. The fourth-order valence-electron chi connectivity index (χ4n) is 3.56. The van der Waals surface area contributed by atoms with Gasteiger partial charge < -0.3 is 14.7 Å². The monoisotopic (exact) mass is 466 g/mol. The number of aromatic nitrogens is 3. The lowest BCUT2D eigenvalue weighted by Gasteiger charge is -2.17. The Morgan fingerprint density at radius 3 is 2.77 bits per heavy atom. The number of nitrogens with zero attached hydrogens (tertiary/aromatic N) is 3. The number of rotatable bonds is 3. The van der Waals surface area contributed by atoms with Crippen molar-refractivity contribution in [1.29, 1.82) is 0 Å². The third-order valence-corrected chi connectivity index (χ3v) is 5.47. The van der Waals surface area contributed by atoms with Gasteiger partial charge in [-0.1, -0.05) is 11.2 Å². The van der Waals surface area contributed by atoms with Gasteiger partial charge in [-0.25, -0.2) is 4.39 Å². The Balaban J connectivity index is 1.96. The van der Waals surface area contributed by atoms with E-state index in [2.05, 4.69) is 32.8 Å². The van der Waals surface area contributed by atoms with Gasteiger partial charge in [-0.2, -0.15) is 0 Å². The summed E-state index contributed by atoms with van der Waals surface area (Å²) in [5.74, 6) is -0.0296. The fourth-order valence-corrected chi connectivity index (χ4v) is 4.02. The van der Waals surface area contributed by atoms with Gasteiger partial charge in [-0.05, 0) is 65.1 Å². The molecule has 2 N–H and O–H groups in total. The number of hydrogen-bond donors (Lipinski definition) is 1. The molecule has 0 radical (unpaired) electrons. The van der Waals surface area contributed by atoms with Crippen molar-refractivity contribution in [2.24, 2.45) is 7.05 Å². The predicted molar refractivity (Wildman–Crippen MR) is 103 cm³/mol. The van der Waals surface area contributed by atoms with Crippen LogP contribution in [0.2, 0.25) is 0 Å². The highest BCUT2D eigenvalue weighted by atomic mass is 127. The summed E-state index contributed by atoms with van der Waals surface area (Å²) < 4.78 is 22.3. The summed E-state index contributed by atoms with van der Waals surface area (Å²) in [6.45, 7) is 0. The molecule has 0 spiro atoms. The molecule has 0 saturated carbocycles. The Morgan fingerprint density at radius 1 is 1.31 bits per heavy atom. The Kier molecular flexibility index (Phi) is 4.29. The molecule has 0 amide bonds. The molecule has 4 rings (SSSR count). The maximum atomic E-state index is 14.4. The van der Waals surface area contributed by atoms with Crippen molar-refractivity contribution in [3.05, 3.63) is 60.3 Å². The number of nitrogen functional groups attached to an aromatic ring is 1. The van der Waals surface area contributed by atoms with Crippen LogP contribution in [-0.2, 0) is 26.3 Å². The van der Waals surface area contributed by atoms with E-state index in [9.17, 15) is 9.18 Å². The van der Waals surface area contributed by atoms with Gasteiger partial charge in [0, 0.05) is 28.3 Å². The molecule has 0 atom stereocenters. The highest BCUT2D eigenvalue weighted by Gasteiger charge is 2.27. The molecule has 3 aromatic rings. The largest absolute Gasteiger partial charge is 0.403 e. The van der Waals surface area contributed by atoms with Crippen molar-refractivity contribution < 1.29 is 8.81 Å². The molecule has 2 aromatic heterocycles. The molecule has 2 heterocycles. The molecular formula is C18H16FIN4O2. The number of pyridine rings is 1. The molecule has 0 unspecified atom stereocenters. The zero-order valence-electron chi connectivity index (χ0n) is 14.1. The van der Waals surface area contributed by atoms with Gasteiger partial charge in [-0.3, -0.25) is 4.79 Å². The average molecular weight is 466 g/mol. The SMILES string of the molecule is Cn1c(Cc2ccc(I)cc2F)c(-c2nnc(N)o2)c2c(c1=O)CCC2. The summed E-state index contributed by atoms with van der Waals surface area (Å²) in [6, 6.07) is 5.02. The maximum Gasteiger partial charge on any atom is 0.313 e. The highest BCUT2D eigenvalue weighted by Crippen LogP contribution is 2.34. The normalized spacial score (nSPS) is 13.2. The fraction of sp³-hybridized carbons (Fsp3) is 0.278. The molecule has 0 bridgehead atoms. The first-order valence-corrected chi connectivity index (χ1v) is 9.30. The molecule has 0 saturated heterocycles. The summed E-state index contributed by atoms with van der Waals surface area (Å²) in [5.41, 5.74) is 9.11. The summed E-state index contributed by atoms with van der Waals surface area (Å²) in [4.78, 5) is 12.8. The maximum absolute atomic E-state index is 14.4. The van der Waals surface area contributed by atoms with E-state index >= 15 is 0 Å². The second-order valence-electron chi connectivity index (χ2n) is 6.35. The van der Waals surface area contributed by atoms with E-state index in [0.29, 0.717) is 16.8 Å². The molecule has 1 aliphatic rings. The highest BCUT2D eigenvalue weighted by molar-refractivity contribution is 14.1. The number of hydrogen-bond acceptors (Lipinski definition) is 5. The number of nitrogens with two attached hydrogens (primary N) is 1. The van der Waals surface area contributed by atoms with Crippen LogP contribution in [0.5, 0.6) is 0 Å². The van der Waals surface area contributed by atoms with Crippen LogP contribution in [0.3, 0.4) is 0 Å². The minimum Gasteiger partial charge on any atom is -0.403 e. The quantitative estimate of drug-likeness (QED) is 0.601. The molecule has 6 nitrogen and oxygen atoms in total. The lowest BCUT2D eigenvalue weighted by Crippen LogP contribution is -2.26. The van der Waals surface area contributed by atoms with E-state index in [1.165, 1.54) is 6.07 Å². The van der Waals surface area contributed by atoms with Crippen LogP contribution in [0.15, 0.2) is 27.4 Å². The van der Waals surface area contributed by atoms with Crippen molar-refractivity contribution in [3.8, 4) is 11.5 Å². The Hall–Kier alpha value is -2.23. The second-order valence-corrected chi connectivity index (χ2v) is 7.60. The molecule has 1 aliphatic carbocycles. The molecule has 1 aromatic carbocycles. The van der Waals surface area contributed by atoms with Crippen molar-refractivity contribution in [2.75, 3.05) is 5.73 Å². The minimum atomic E-state index is -0.305. The van der Waals surface area contributed by atoms with Crippen LogP contribution in [-0.4, -0.2) is 14.8 Å². The van der Waals surface area contributed by atoms with Gasteiger partial charge >= 0.3 is 6.01 Å². The van der Waals surface area contributed by atoms with Crippen LogP contribution in [0.1, 0.15) is 28.8 Å². The first kappa shape index (κ1) is 17.2. The smallest absolute Gasteiger partial charge is 0.313 e. The van der Waals surface area contributed by atoms with E-state index < -0.39 is 0 Å². The number of fused-ring (bicyclic) bond motifs is 1. The van der Waals surface area contributed by atoms with Crippen LogP contribution < -0.4 is 11.3 Å². The molecule has 134 valence electrons. The van der Waals surface area contributed by atoms with E-state index in [4.69, 9.17) is 10.2 Å². The minimum absolute atomic E-state index is 0.0352. The van der Waals surface area contributed by atoms with Crippen LogP contribution in [0.25, 0.3) is 11.5 Å². The molecular weight excluding hydrogens is 450 g/mol. The third kappa shape index (κ3) is 2.81. The summed E-state index contributed by atoms with van der Waals surface area (Å²) in [7, 11) is 1.70. The molecule has 0 aliphatic heterocycles.